The topological polar surface area (TPSA) is 96.5 Å². The van der Waals surface area contributed by atoms with Gasteiger partial charge in [-0.15, -0.1) is 11.8 Å². The second-order valence-corrected chi connectivity index (χ2v) is 10.3. The molecule has 4 rings (SSSR count). The maximum Gasteiger partial charge on any atom is 0.272 e. The second-order valence-electron chi connectivity index (χ2n) is 8.89. The number of ether oxygens (including phenoxy) is 1. The van der Waals surface area contributed by atoms with Gasteiger partial charge in [0.2, 0.25) is 5.91 Å². The van der Waals surface area contributed by atoms with Crippen molar-refractivity contribution in [2.24, 2.45) is 0 Å². The lowest BCUT2D eigenvalue weighted by Crippen LogP contribution is -2.30. The number of benzene rings is 4. The molecule has 0 aliphatic rings. The fraction of sp³-hybridized carbons (Fsp3) is 0.0938. The van der Waals surface area contributed by atoms with Crippen molar-refractivity contribution < 1.29 is 23.5 Å². The number of carbonyl (C=O) groups excluding carboxylic acids is 3. The van der Waals surface area contributed by atoms with Crippen molar-refractivity contribution in [1.82, 2.24) is 5.32 Å². The van der Waals surface area contributed by atoms with E-state index in [1.165, 1.54) is 36.0 Å². The van der Waals surface area contributed by atoms with E-state index in [9.17, 15) is 18.8 Å². The quantitative estimate of drug-likeness (QED) is 0.153. The highest BCUT2D eigenvalue weighted by Gasteiger charge is 2.17. The summed E-state index contributed by atoms with van der Waals surface area (Å²) in [6, 6.07) is 28.3. The maximum atomic E-state index is 13.4. The molecule has 0 saturated heterocycles. The Kier molecular flexibility index (Phi) is 9.90. The Morgan fingerprint density at radius 2 is 1.54 bits per heavy atom. The molecule has 41 heavy (non-hydrogen) atoms. The zero-order valence-corrected chi connectivity index (χ0v) is 23.2. The van der Waals surface area contributed by atoms with E-state index in [0.29, 0.717) is 28.3 Å². The third kappa shape index (κ3) is 8.55. The molecule has 0 saturated carbocycles. The van der Waals surface area contributed by atoms with Crippen molar-refractivity contribution in [2.45, 2.75) is 17.1 Å². The summed E-state index contributed by atoms with van der Waals surface area (Å²) in [4.78, 5) is 39.6. The van der Waals surface area contributed by atoms with Gasteiger partial charge in [-0.2, -0.15) is 0 Å². The van der Waals surface area contributed by atoms with Crippen molar-refractivity contribution in [3.05, 3.63) is 126 Å². The fourth-order valence-corrected chi connectivity index (χ4v) is 4.62. The molecule has 0 aliphatic heterocycles. The highest BCUT2D eigenvalue weighted by Crippen LogP contribution is 2.27. The van der Waals surface area contributed by atoms with Crippen molar-refractivity contribution in [1.29, 1.82) is 0 Å². The number of amides is 3. The molecule has 9 heteroatoms. The number of anilines is 2. The van der Waals surface area contributed by atoms with E-state index in [1.807, 2.05) is 6.07 Å². The molecule has 0 spiro atoms. The van der Waals surface area contributed by atoms with Crippen LogP contribution in [-0.4, -0.2) is 30.1 Å². The number of halogens is 1. The molecule has 7 nitrogen and oxygen atoms in total. The highest BCUT2D eigenvalue weighted by atomic mass is 32.2. The summed E-state index contributed by atoms with van der Waals surface area (Å²) in [6.45, 7) is 1.75. The van der Waals surface area contributed by atoms with Gasteiger partial charge in [0.25, 0.3) is 11.8 Å². The molecular formula is C32H28FN3O4S. The number of carbonyl (C=O) groups is 3. The summed E-state index contributed by atoms with van der Waals surface area (Å²) in [5.74, 6) is -0.910. The predicted molar refractivity (Wildman–Crippen MR) is 160 cm³/mol. The molecule has 208 valence electrons. The van der Waals surface area contributed by atoms with Gasteiger partial charge in [-0.25, -0.2) is 4.39 Å². The molecule has 0 aromatic heterocycles. The first-order valence-electron chi connectivity index (χ1n) is 12.7. The molecular weight excluding hydrogens is 541 g/mol. The molecule has 3 amide bonds. The lowest BCUT2D eigenvalue weighted by Gasteiger charge is -2.14. The zero-order valence-electron chi connectivity index (χ0n) is 22.4. The van der Waals surface area contributed by atoms with E-state index in [0.717, 1.165) is 4.90 Å². The molecule has 1 atom stereocenters. The van der Waals surface area contributed by atoms with E-state index >= 15 is 0 Å². The molecule has 4 aromatic rings. The Balaban J connectivity index is 1.48. The zero-order chi connectivity index (χ0) is 29.2. The Morgan fingerprint density at radius 1 is 0.829 bits per heavy atom. The Hall–Kier alpha value is -4.89. The maximum absolute atomic E-state index is 13.4. The summed E-state index contributed by atoms with van der Waals surface area (Å²) in [6.07, 6.45) is 1.58. The van der Waals surface area contributed by atoms with Crippen LogP contribution in [0, 0.1) is 5.82 Å². The summed E-state index contributed by atoms with van der Waals surface area (Å²) in [7, 11) is 1.56. The van der Waals surface area contributed by atoms with E-state index in [2.05, 4.69) is 16.0 Å². The number of nitrogens with one attached hydrogen (secondary N) is 3. The number of methoxy groups -OCH3 is 1. The van der Waals surface area contributed by atoms with Gasteiger partial charge in [0.1, 0.15) is 17.3 Å². The first kappa shape index (κ1) is 29.1. The van der Waals surface area contributed by atoms with Crippen molar-refractivity contribution in [3.8, 4) is 5.75 Å². The number of rotatable bonds is 10. The summed E-state index contributed by atoms with van der Waals surface area (Å²) in [5.41, 5.74) is 2.13. The Bertz CT molecular complexity index is 1540. The van der Waals surface area contributed by atoms with Crippen molar-refractivity contribution >= 4 is 46.9 Å². The predicted octanol–water partition coefficient (Wildman–Crippen LogP) is 6.36. The lowest BCUT2D eigenvalue weighted by molar-refractivity contribution is -0.115. The van der Waals surface area contributed by atoms with Gasteiger partial charge in [0, 0.05) is 21.8 Å². The minimum Gasteiger partial charge on any atom is -0.497 e. The number of hydrogen-bond acceptors (Lipinski definition) is 5. The molecule has 4 aromatic carbocycles. The standard InChI is InChI=1S/C32H28FN3O4S/c1-21(30(37)34-25-15-13-24(33)14-16-25)41-28-10-6-9-26(20-28)35-32(39)29(19-22-11-17-27(40-2)18-12-22)36-31(38)23-7-4-3-5-8-23/h3-21H,1-2H3,(H,34,37)(H,35,39)(H,36,38)/b29-19+. The van der Waals surface area contributed by atoms with Gasteiger partial charge in [0.05, 0.1) is 12.4 Å². The SMILES string of the molecule is COc1ccc(/C=C(/NC(=O)c2ccccc2)C(=O)Nc2cccc(SC(C)C(=O)Nc3ccc(F)cc3)c2)cc1. The highest BCUT2D eigenvalue weighted by molar-refractivity contribution is 8.00. The third-order valence-electron chi connectivity index (χ3n) is 5.84. The van der Waals surface area contributed by atoms with Crippen LogP contribution in [0.1, 0.15) is 22.8 Å². The van der Waals surface area contributed by atoms with Crippen LogP contribution in [0.4, 0.5) is 15.8 Å². The van der Waals surface area contributed by atoms with Crippen molar-refractivity contribution in [2.75, 3.05) is 17.7 Å². The summed E-state index contributed by atoms with van der Waals surface area (Å²) in [5, 5.41) is 7.84. The van der Waals surface area contributed by atoms with E-state index in [4.69, 9.17) is 4.74 Å². The molecule has 0 bridgehead atoms. The van der Waals surface area contributed by atoms with Gasteiger partial charge >= 0.3 is 0 Å². The lowest BCUT2D eigenvalue weighted by atomic mass is 10.1. The van der Waals surface area contributed by atoms with Crippen molar-refractivity contribution in [3.63, 3.8) is 0 Å². The van der Waals surface area contributed by atoms with Crippen LogP contribution < -0.4 is 20.7 Å². The van der Waals surface area contributed by atoms with Gasteiger partial charge < -0.3 is 20.7 Å². The van der Waals surface area contributed by atoms with Crippen LogP contribution >= 0.6 is 11.8 Å². The molecule has 0 heterocycles. The van der Waals surface area contributed by atoms with Crippen LogP contribution in [-0.2, 0) is 9.59 Å². The van der Waals surface area contributed by atoms with Crippen LogP contribution in [0.15, 0.2) is 114 Å². The fourth-order valence-electron chi connectivity index (χ4n) is 3.69. The third-order valence-corrected chi connectivity index (χ3v) is 6.94. The average molecular weight is 570 g/mol. The van der Waals surface area contributed by atoms with Gasteiger partial charge in [0.15, 0.2) is 0 Å². The van der Waals surface area contributed by atoms with E-state index in [-0.39, 0.29) is 17.4 Å². The van der Waals surface area contributed by atoms with Gasteiger partial charge in [-0.3, -0.25) is 14.4 Å². The van der Waals surface area contributed by atoms with Crippen LogP contribution in [0.2, 0.25) is 0 Å². The summed E-state index contributed by atoms with van der Waals surface area (Å²) >= 11 is 1.30. The Labute approximate surface area is 241 Å². The largest absolute Gasteiger partial charge is 0.497 e. The van der Waals surface area contributed by atoms with Crippen LogP contribution in [0.25, 0.3) is 6.08 Å². The number of thioether (sulfide) groups is 1. The van der Waals surface area contributed by atoms with E-state index < -0.39 is 17.1 Å². The molecule has 0 aliphatic carbocycles. The van der Waals surface area contributed by atoms with Gasteiger partial charge in [-0.05, 0) is 85.3 Å². The minimum absolute atomic E-state index is 0.0501. The van der Waals surface area contributed by atoms with Crippen LogP contribution in [0.5, 0.6) is 5.75 Å². The van der Waals surface area contributed by atoms with Gasteiger partial charge in [-0.1, -0.05) is 36.4 Å². The summed E-state index contributed by atoms with van der Waals surface area (Å²) < 4.78 is 18.3. The molecule has 0 fully saturated rings. The molecule has 3 N–H and O–H groups in total. The smallest absolute Gasteiger partial charge is 0.272 e. The first-order valence-corrected chi connectivity index (χ1v) is 13.6. The van der Waals surface area contributed by atoms with E-state index in [1.54, 1.807) is 92.9 Å². The Morgan fingerprint density at radius 3 is 2.22 bits per heavy atom. The van der Waals surface area contributed by atoms with Crippen LogP contribution in [0.3, 0.4) is 0 Å². The normalized spacial score (nSPS) is 11.7. The second kappa shape index (κ2) is 14.0. The molecule has 1 unspecified atom stereocenters. The first-order chi connectivity index (χ1) is 19.8. The molecule has 0 radical (unpaired) electrons. The monoisotopic (exact) mass is 569 g/mol. The number of hydrogen-bond donors (Lipinski definition) is 3. The minimum atomic E-state index is -0.519. The average Bonchev–Trinajstić information content (AvgIpc) is 2.99.